The molecule has 0 bridgehead atoms. The van der Waals surface area contributed by atoms with Crippen molar-refractivity contribution in [2.24, 2.45) is 5.73 Å². The van der Waals surface area contributed by atoms with Gasteiger partial charge in [-0.2, -0.15) is 0 Å². The van der Waals surface area contributed by atoms with Crippen molar-refractivity contribution in [1.82, 2.24) is 15.5 Å². The molecule has 0 spiro atoms. The molecule has 1 rings (SSSR count). The van der Waals surface area contributed by atoms with Gasteiger partial charge in [-0.05, 0) is 0 Å². The Morgan fingerprint density at radius 1 is 1.50 bits per heavy atom. The molecule has 4 amide bonds. The number of nitrogens with one attached hydrogen (secondary N) is 2. The molecule has 0 aromatic heterocycles. The van der Waals surface area contributed by atoms with E-state index in [1.54, 1.807) is 0 Å². The highest BCUT2D eigenvalue weighted by molar-refractivity contribution is 5.90. The van der Waals surface area contributed by atoms with E-state index in [2.05, 4.69) is 10.6 Å². The van der Waals surface area contributed by atoms with Crippen molar-refractivity contribution in [3.8, 4) is 0 Å². The molecule has 1 unspecified atom stereocenters. The van der Waals surface area contributed by atoms with Crippen LogP contribution >= 0.6 is 0 Å². The van der Waals surface area contributed by atoms with Crippen molar-refractivity contribution >= 4 is 23.8 Å². The second-order valence-electron chi connectivity index (χ2n) is 4.04. The molecule has 1 aliphatic rings. The number of primary amides is 1. The zero-order valence-electron chi connectivity index (χ0n) is 10.6. The minimum atomic E-state index is -1.20. The molecule has 1 atom stereocenters. The first-order valence-corrected chi connectivity index (χ1v) is 5.82. The highest BCUT2D eigenvalue weighted by Crippen LogP contribution is 2.04. The van der Waals surface area contributed by atoms with E-state index in [4.69, 9.17) is 15.6 Å². The third kappa shape index (κ3) is 4.72. The number of rotatable bonds is 6. The monoisotopic (exact) mass is 288 g/mol. The minimum absolute atomic E-state index is 0.0481. The van der Waals surface area contributed by atoms with Gasteiger partial charge in [0.2, 0.25) is 11.8 Å². The van der Waals surface area contributed by atoms with Gasteiger partial charge >= 0.3 is 12.0 Å². The Morgan fingerprint density at radius 2 is 2.20 bits per heavy atom. The van der Waals surface area contributed by atoms with Crippen molar-refractivity contribution in [2.45, 2.75) is 6.04 Å². The molecular weight excluding hydrogens is 272 g/mol. The molecule has 0 aromatic carbocycles. The molecule has 1 fully saturated rings. The molecule has 1 saturated heterocycles. The highest BCUT2D eigenvalue weighted by atomic mass is 16.5. The van der Waals surface area contributed by atoms with Gasteiger partial charge in [0.05, 0.1) is 6.61 Å². The van der Waals surface area contributed by atoms with Gasteiger partial charge in [0.15, 0.2) is 0 Å². The summed E-state index contributed by atoms with van der Waals surface area (Å²) in [6.45, 7) is -0.618. The summed E-state index contributed by atoms with van der Waals surface area (Å²) in [5, 5.41) is 13.7. The second kappa shape index (κ2) is 7.28. The van der Waals surface area contributed by atoms with Crippen LogP contribution in [0.15, 0.2) is 0 Å². The Bertz CT molecular complexity index is 413. The summed E-state index contributed by atoms with van der Waals surface area (Å²) in [4.78, 5) is 45.3. The standard InChI is InChI=1S/C10H16N4O6/c11-7(15)5-20-2-1-12-10(19)14-4-8(16)13-3-6(14)9(17)18/h6H,1-5H2,(H2,11,15)(H,12,19)(H,13,16)(H,17,18). The average molecular weight is 288 g/mol. The number of nitrogens with two attached hydrogens (primary N) is 1. The number of nitrogens with zero attached hydrogens (tertiary/aromatic N) is 1. The number of amides is 4. The van der Waals surface area contributed by atoms with Crippen LogP contribution in [0.5, 0.6) is 0 Å². The lowest BCUT2D eigenvalue weighted by atomic mass is 10.2. The van der Waals surface area contributed by atoms with Gasteiger partial charge in [-0.1, -0.05) is 0 Å². The third-order valence-corrected chi connectivity index (χ3v) is 2.50. The summed E-state index contributed by atoms with van der Waals surface area (Å²) in [7, 11) is 0. The number of carbonyl (C=O) groups excluding carboxylic acids is 3. The Kier molecular flexibility index (Phi) is 5.72. The van der Waals surface area contributed by atoms with Gasteiger partial charge in [0, 0.05) is 13.1 Å². The van der Waals surface area contributed by atoms with Gasteiger partial charge in [-0.3, -0.25) is 14.5 Å². The summed E-state index contributed by atoms with van der Waals surface area (Å²) < 4.78 is 4.82. The lowest BCUT2D eigenvalue weighted by molar-refractivity contribution is -0.144. The molecule has 10 nitrogen and oxygen atoms in total. The summed E-state index contributed by atoms with van der Waals surface area (Å²) >= 11 is 0. The van der Waals surface area contributed by atoms with Crippen LogP contribution in [0.4, 0.5) is 4.79 Å². The van der Waals surface area contributed by atoms with Crippen molar-refractivity contribution in [3.63, 3.8) is 0 Å². The number of carboxylic acid groups (broad SMARTS) is 1. The van der Waals surface area contributed by atoms with E-state index in [-0.39, 0.29) is 32.8 Å². The Labute approximate surface area is 114 Å². The van der Waals surface area contributed by atoms with E-state index >= 15 is 0 Å². The number of piperazine rings is 1. The molecule has 5 N–H and O–H groups in total. The first-order valence-electron chi connectivity index (χ1n) is 5.82. The number of urea groups is 1. The number of carboxylic acids is 1. The highest BCUT2D eigenvalue weighted by Gasteiger charge is 2.34. The lowest BCUT2D eigenvalue weighted by Crippen LogP contribution is -2.61. The van der Waals surface area contributed by atoms with E-state index in [1.807, 2.05) is 0 Å². The second-order valence-corrected chi connectivity index (χ2v) is 4.04. The van der Waals surface area contributed by atoms with Crippen LogP contribution in [0.25, 0.3) is 0 Å². The van der Waals surface area contributed by atoms with Crippen molar-refractivity contribution in [3.05, 3.63) is 0 Å². The first-order chi connectivity index (χ1) is 9.41. The van der Waals surface area contributed by atoms with Gasteiger partial charge in [-0.15, -0.1) is 0 Å². The molecule has 0 aromatic rings. The van der Waals surface area contributed by atoms with Crippen LogP contribution in [-0.4, -0.2) is 72.7 Å². The predicted molar refractivity (Wildman–Crippen MR) is 64.6 cm³/mol. The summed E-state index contributed by atoms with van der Waals surface area (Å²) in [5.74, 6) is -2.26. The quantitative estimate of drug-likeness (QED) is 0.384. The Morgan fingerprint density at radius 3 is 2.80 bits per heavy atom. The zero-order valence-corrected chi connectivity index (χ0v) is 10.6. The van der Waals surface area contributed by atoms with E-state index in [1.165, 1.54) is 0 Å². The van der Waals surface area contributed by atoms with Crippen LogP contribution in [0.3, 0.4) is 0 Å². The normalized spacial score (nSPS) is 18.3. The molecule has 1 heterocycles. The van der Waals surface area contributed by atoms with Gasteiger partial charge in [0.1, 0.15) is 19.2 Å². The van der Waals surface area contributed by atoms with Crippen molar-refractivity contribution in [1.29, 1.82) is 0 Å². The van der Waals surface area contributed by atoms with Crippen molar-refractivity contribution < 1.29 is 29.0 Å². The molecule has 0 radical (unpaired) electrons. The van der Waals surface area contributed by atoms with Crippen LogP contribution in [0.2, 0.25) is 0 Å². The summed E-state index contributed by atoms with van der Waals surface area (Å²) in [6, 6.07) is -1.80. The SMILES string of the molecule is NC(=O)COCCNC(=O)N1CC(=O)NCC1C(=O)O. The minimum Gasteiger partial charge on any atom is -0.480 e. The number of carbonyl (C=O) groups is 4. The number of aliphatic carboxylic acids is 1. The maximum atomic E-state index is 11.8. The first kappa shape index (κ1) is 15.7. The zero-order chi connectivity index (χ0) is 15.1. The summed E-state index contributed by atoms with van der Waals surface area (Å²) in [6.07, 6.45) is 0. The fourth-order valence-electron chi connectivity index (χ4n) is 1.58. The molecule has 20 heavy (non-hydrogen) atoms. The Hall–Kier alpha value is -2.36. The maximum Gasteiger partial charge on any atom is 0.328 e. The number of hydrogen-bond acceptors (Lipinski definition) is 5. The average Bonchev–Trinajstić information content (AvgIpc) is 2.37. The third-order valence-electron chi connectivity index (χ3n) is 2.50. The maximum absolute atomic E-state index is 11.8. The number of ether oxygens (including phenoxy) is 1. The molecule has 0 saturated carbocycles. The van der Waals surface area contributed by atoms with Gasteiger partial charge in [-0.25, -0.2) is 9.59 Å². The van der Waals surface area contributed by atoms with Crippen LogP contribution < -0.4 is 16.4 Å². The van der Waals surface area contributed by atoms with E-state index < -0.39 is 29.9 Å². The van der Waals surface area contributed by atoms with E-state index in [0.29, 0.717) is 0 Å². The van der Waals surface area contributed by atoms with Crippen LogP contribution in [0, 0.1) is 0 Å². The van der Waals surface area contributed by atoms with E-state index in [9.17, 15) is 19.2 Å². The smallest absolute Gasteiger partial charge is 0.328 e. The molecular formula is C10H16N4O6. The largest absolute Gasteiger partial charge is 0.480 e. The molecule has 1 aliphatic heterocycles. The fourth-order valence-corrected chi connectivity index (χ4v) is 1.58. The lowest BCUT2D eigenvalue weighted by Gasteiger charge is -2.32. The van der Waals surface area contributed by atoms with Gasteiger partial charge in [0.25, 0.3) is 0 Å². The molecule has 112 valence electrons. The fraction of sp³-hybridized carbons (Fsp3) is 0.600. The van der Waals surface area contributed by atoms with Gasteiger partial charge < -0.3 is 26.2 Å². The topological polar surface area (TPSA) is 151 Å². The van der Waals surface area contributed by atoms with E-state index in [0.717, 1.165) is 4.90 Å². The van der Waals surface area contributed by atoms with Crippen LogP contribution in [0.1, 0.15) is 0 Å². The predicted octanol–water partition coefficient (Wildman–Crippen LogP) is -2.92. The Balaban J connectivity index is 2.41. The molecule has 0 aliphatic carbocycles. The number of hydrogen-bond donors (Lipinski definition) is 4. The summed E-state index contributed by atoms with van der Waals surface area (Å²) in [5.41, 5.74) is 4.85. The van der Waals surface area contributed by atoms with Crippen molar-refractivity contribution in [2.75, 3.05) is 32.8 Å². The van der Waals surface area contributed by atoms with Crippen LogP contribution in [-0.2, 0) is 19.1 Å². The molecule has 10 heteroatoms.